The van der Waals surface area contributed by atoms with E-state index in [1.165, 1.54) is 11.1 Å². The summed E-state index contributed by atoms with van der Waals surface area (Å²) in [5.41, 5.74) is 12.1. The van der Waals surface area contributed by atoms with Gasteiger partial charge in [0.05, 0.1) is 29.2 Å². The van der Waals surface area contributed by atoms with Gasteiger partial charge in [0.2, 0.25) is 0 Å². The topological polar surface area (TPSA) is 67.6 Å². The van der Waals surface area contributed by atoms with Gasteiger partial charge in [0.15, 0.2) is 0 Å². The molecule has 0 atom stereocenters. The number of rotatable bonds is 5. The minimum Gasteiger partial charge on any atom is -0.330 e. The first-order valence-electron chi connectivity index (χ1n) is 8.28. The van der Waals surface area contributed by atoms with Crippen LogP contribution in [-0.2, 0) is 13.0 Å². The number of hydrogen-bond donors (Lipinski definition) is 1. The van der Waals surface area contributed by atoms with Crippen LogP contribution < -0.4 is 5.73 Å². The molecule has 2 aromatic carbocycles. The second kappa shape index (κ2) is 6.86. The second-order valence-corrected chi connectivity index (χ2v) is 6.20. The molecule has 24 heavy (non-hydrogen) atoms. The van der Waals surface area contributed by atoms with Gasteiger partial charge >= 0.3 is 0 Å². The molecule has 0 aliphatic rings. The Hall–Kier alpha value is -2.64. The van der Waals surface area contributed by atoms with Crippen molar-refractivity contribution in [3.05, 3.63) is 64.5 Å². The van der Waals surface area contributed by atoms with Crippen LogP contribution in [0.1, 0.15) is 34.5 Å². The van der Waals surface area contributed by atoms with Crippen LogP contribution in [0.25, 0.3) is 11.0 Å². The molecule has 0 saturated heterocycles. The summed E-state index contributed by atoms with van der Waals surface area (Å²) in [6.07, 6.45) is 1.75. The smallest absolute Gasteiger partial charge is 0.110 e. The summed E-state index contributed by atoms with van der Waals surface area (Å²) in [5.74, 6) is 1.04. The number of nitrogens with zero attached hydrogens (tertiary/aromatic N) is 3. The molecule has 1 aromatic heterocycles. The van der Waals surface area contributed by atoms with Gasteiger partial charge in [-0.3, -0.25) is 0 Å². The summed E-state index contributed by atoms with van der Waals surface area (Å²) in [4.78, 5) is 4.83. The molecule has 0 spiro atoms. The number of hydrogen-bond acceptors (Lipinski definition) is 3. The van der Waals surface area contributed by atoms with Crippen LogP contribution in [0.15, 0.2) is 36.4 Å². The first-order valence-corrected chi connectivity index (χ1v) is 8.28. The average molecular weight is 318 g/mol. The predicted octanol–water partition coefficient (Wildman–Crippen LogP) is 3.46. The summed E-state index contributed by atoms with van der Waals surface area (Å²) >= 11 is 0. The van der Waals surface area contributed by atoms with E-state index in [-0.39, 0.29) is 0 Å². The van der Waals surface area contributed by atoms with Crippen LogP contribution in [0.5, 0.6) is 0 Å². The van der Waals surface area contributed by atoms with Crippen LogP contribution >= 0.6 is 0 Å². The summed E-state index contributed by atoms with van der Waals surface area (Å²) in [7, 11) is 0. The van der Waals surface area contributed by atoms with E-state index in [0.717, 1.165) is 35.3 Å². The summed E-state index contributed by atoms with van der Waals surface area (Å²) in [6.45, 7) is 5.53. The maximum absolute atomic E-state index is 9.36. The van der Waals surface area contributed by atoms with Crippen molar-refractivity contribution in [3.63, 3.8) is 0 Å². The van der Waals surface area contributed by atoms with Crippen molar-refractivity contribution in [2.75, 3.05) is 6.54 Å². The van der Waals surface area contributed by atoms with E-state index < -0.39 is 0 Å². The zero-order valence-electron chi connectivity index (χ0n) is 14.2. The van der Waals surface area contributed by atoms with Crippen molar-refractivity contribution >= 4 is 11.0 Å². The quantitative estimate of drug-likeness (QED) is 0.783. The Morgan fingerprint density at radius 2 is 1.92 bits per heavy atom. The lowest BCUT2D eigenvalue weighted by molar-refractivity contribution is 0.703. The van der Waals surface area contributed by atoms with E-state index in [9.17, 15) is 5.26 Å². The van der Waals surface area contributed by atoms with Crippen LogP contribution in [0, 0.1) is 25.2 Å². The highest BCUT2D eigenvalue weighted by Crippen LogP contribution is 2.23. The number of nitrogens with two attached hydrogens (primary N) is 1. The number of aromatic nitrogens is 2. The van der Waals surface area contributed by atoms with Crippen LogP contribution in [-0.4, -0.2) is 16.1 Å². The second-order valence-electron chi connectivity index (χ2n) is 6.20. The molecule has 4 heteroatoms. The Labute approximate surface area is 142 Å². The van der Waals surface area contributed by atoms with Gasteiger partial charge in [0.25, 0.3) is 0 Å². The monoisotopic (exact) mass is 318 g/mol. The van der Waals surface area contributed by atoms with Crippen LogP contribution in [0.4, 0.5) is 0 Å². The summed E-state index contributed by atoms with van der Waals surface area (Å²) in [6, 6.07) is 14.4. The van der Waals surface area contributed by atoms with Gasteiger partial charge in [-0.1, -0.05) is 18.2 Å². The number of fused-ring (bicyclic) bond motifs is 1. The molecule has 0 unspecified atom stereocenters. The lowest BCUT2D eigenvalue weighted by Gasteiger charge is -2.11. The molecule has 0 saturated carbocycles. The molecule has 2 N–H and O–H groups in total. The third kappa shape index (κ3) is 3.04. The first kappa shape index (κ1) is 16.2. The number of imidazole rings is 1. The molecular weight excluding hydrogens is 296 g/mol. The highest BCUT2D eigenvalue weighted by atomic mass is 15.1. The number of aryl methyl sites for hydroxylation is 3. The van der Waals surface area contributed by atoms with Crippen molar-refractivity contribution in [2.24, 2.45) is 5.73 Å². The Morgan fingerprint density at radius 3 is 2.67 bits per heavy atom. The number of nitriles is 1. The molecule has 1 heterocycles. The Balaban J connectivity index is 2.13. The Bertz CT molecular complexity index is 915. The summed E-state index contributed by atoms with van der Waals surface area (Å²) in [5, 5.41) is 9.36. The normalized spacial score (nSPS) is 10.9. The van der Waals surface area contributed by atoms with Crippen LogP contribution in [0.2, 0.25) is 0 Å². The fraction of sp³-hybridized carbons (Fsp3) is 0.300. The van der Waals surface area contributed by atoms with Crippen molar-refractivity contribution in [3.8, 4) is 6.07 Å². The maximum Gasteiger partial charge on any atom is 0.110 e. The lowest BCUT2D eigenvalue weighted by atomic mass is 10.1. The minimum absolute atomic E-state index is 0.649. The first-order chi connectivity index (χ1) is 11.6. The SMILES string of the molecule is Cc1cc2nc(CCCN)n(Cc3ccccc3C#N)c2cc1C. The van der Waals surface area contributed by atoms with Gasteiger partial charge in [0.1, 0.15) is 5.82 Å². The molecular formula is C20H22N4. The van der Waals surface area contributed by atoms with Crippen molar-refractivity contribution in [1.29, 1.82) is 5.26 Å². The summed E-state index contributed by atoms with van der Waals surface area (Å²) < 4.78 is 2.23. The molecule has 0 aliphatic carbocycles. The van der Waals surface area contributed by atoms with Crippen molar-refractivity contribution in [1.82, 2.24) is 9.55 Å². The molecule has 0 fully saturated rings. The minimum atomic E-state index is 0.649. The van der Waals surface area contributed by atoms with E-state index >= 15 is 0 Å². The average Bonchev–Trinajstić information content (AvgIpc) is 2.91. The third-order valence-electron chi connectivity index (χ3n) is 4.51. The molecule has 0 aliphatic heterocycles. The molecule has 0 amide bonds. The van der Waals surface area contributed by atoms with Gasteiger partial charge < -0.3 is 10.3 Å². The number of benzene rings is 2. The Kier molecular flexibility index (Phi) is 4.64. The van der Waals surface area contributed by atoms with Gasteiger partial charge in [-0.05, 0) is 61.7 Å². The zero-order valence-corrected chi connectivity index (χ0v) is 14.2. The fourth-order valence-corrected chi connectivity index (χ4v) is 2.99. The van der Waals surface area contributed by atoms with Crippen LogP contribution in [0.3, 0.4) is 0 Å². The highest BCUT2D eigenvalue weighted by Gasteiger charge is 2.13. The van der Waals surface area contributed by atoms with Crippen molar-refractivity contribution in [2.45, 2.75) is 33.2 Å². The molecule has 0 bridgehead atoms. The van der Waals surface area contributed by atoms with Gasteiger partial charge in [0, 0.05) is 6.42 Å². The highest BCUT2D eigenvalue weighted by molar-refractivity contribution is 5.78. The largest absolute Gasteiger partial charge is 0.330 e. The van der Waals surface area contributed by atoms with Gasteiger partial charge in [-0.25, -0.2) is 4.98 Å². The third-order valence-corrected chi connectivity index (χ3v) is 4.51. The molecule has 0 radical (unpaired) electrons. The maximum atomic E-state index is 9.36. The van der Waals surface area contributed by atoms with Gasteiger partial charge in [-0.2, -0.15) is 5.26 Å². The van der Waals surface area contributed by atoms with E-state index in [1.807, 2.05) is 24.3 Å². The molecule has 122 valence electrons. The zero-order chi connectivity index (χ0) is 17.1. The molecule has 3 aromatic rings. The standard InChI is InChI=1S/C20H22N4/c1-14-10-18-19(11-15(14)2)24(20(23-18)8-5-9-21)13-17-7-4-3-6-16(17)12-22/h3-4,6-7,10-11H,5,8-9,13,21H2,1-2H3. The molecule has 3 rings (SSSR count). The van der Waals surface area contributed by atoms with Gasteiger partial charge in [-0.15, -0.1) is 0 Å². The lowest BCUT2D eigenvalue weighted by Crippen LogP contribution is -2.09. The van der Waals surface area contributed by atoms with E-state index in [0.29, 0.717) is 18.7 Å². The van der Waals surface area contributed by atoms with Crippen molar-refractivity contribution < 1.29 is 0 Å². The fourth-order valence-electron chi connectivity index (χ4n) is 2.99. The van der Waals surface area contributed by atoms with E-state index in [4.69, 9.17) is 10.7 Å². The Morgan fingerprint density at radius 1 is 1.17 bits per heavy atom. The van der Waals surface area contributed by atoms with E-state index in [2.05, 4.69) is 36.6 Å². The molecule has 4 nitrogen and oxygen atoms in total. The predicted molar refractivity (Wildman–Crippen MR) is 96.8 cm³/mol. The van der Waals surface area contributed by atoms with E-state index in [1.54, 1.807) is 0 Å².